The lowest BCUT2D eigenvalue weighted by Gasteiger charge is -2.05. The van der Waals surface area contributed by atoms with Crippen LogP contribution in [-0.4, -0.2) is 9.97 Å². The Bertz CT molecular complexity index is 688. The van der Waals surface area contributed by atoms with E-state index in [9.17, 15) is 0 Å². The second-order valence-electron chi connectivity index (χ2n) is 4.72. The van der Waals surface area contributed by atoms with Gasteiger partial charge in [-0.3, -0.25) is 0 Å². The minimum Gasteiger partial charge on any atom is -0.236 e. The molecule has 0 unspecified atom stereocenters. The molecule has 0 atom stereocenters. The molecular weight excluding hydrogens is 244 g/mol. The SMILES string of the molecule is CCc1cnc(-c2cccc(-c3ccccc3)c2)nc1. The normalized spacial score (nSPS) is 10.4. The summed E-state index contributed by atoms with van der Waals surface area (Å²) in [4.78, 5) is 8.89. The van der Waals surface area contributed by atoms with E-state index >= 15 is 0 Å². The molecule has 1 heterocycles. The number of aryl methyl sites for hydroxylation is 1. The Morgan fingerprint density at radius 1 is 0.750 bits per heavy atom. The number of rotatable bonds is 3. The first-order chi connectivity index (χ1) is 9.86. The van der Waals surface area contributed by atoms with Crippen molar-refractivity contribution in [1.29, 1.82) is 0 Å². The third-order valence-corrected chi connectivity index (χ3v) is 3.34. The van der Waals surface area contributed by atoms with E-state index in [1.807, 2.05) is 24.5 Å². The Kier molecular flexibility index (Phi) is 3.55. The highest BCUT2D eigenvalue weighted by Crippen LogP contribution is 2.24. The van der Waals surface area contributed by atoms with Gasteiger partial charge in [0.2, 0.25) is 0 Å². The van der Waals surface area contributed by atoms with Crippen molar-refractivity contribution in [3.05, 3.63) is 72.6 Å². The van der Waals surface area contributed by atoms with Crippen molar-refractivity contribution in [1.82, 2.24) is 9.97 Å². The summed E-state index contributed by atoms with van der Waals surface area (Å²) >= 11 is 0. The maximum atomic E-state index is 4.44. The van der Waals surface area contributed by atoms with Crippen LogP contribution in [0.5, 0.6) is 0 Å². The van der Waals surface area contributed by atoms with Crippen LogP contribution < -0.4 is 0 Å². The fourth-order valence-corrected chi connectivity index (χ4v) is 2.15. The quantitative estimate of drug-likeness (QED) is 0.698. The summed E-state index contributed by atoms with van der Waals surface area (Å²) in [7, 11) is 0. The van der Waals surface area contributed by atoms with Crippen molar-refractivity contribution in [2.75, 3.05) is 0 Å². The highest BCUT2D eigenvalue weighted by molar-refractivity contribution is 5.70. The average molecular weight is 260 g/mol. The molecular formula is C18H16N2. The van der Waals surface area contributed by atoms with Crippen LogP contribution in [0.25, 0.3) is 22.5 Å². The van der Waals surface area contributed by atoms with E-state index in [1.54, 1.807) is 0 Å². The molecule has 0 radical (unpaired) electrons. The maximum Gasteiger partial charge on any atom is 0.159 e. The summed E-state index contributed by atoms with van der Waals surface area (Å²) in [6.07, 6.45) is 4.76. The zero-order valence-corrected chi connectivity index (χ0v) is 11.5. The summed E-state index contributed by atoms with van der Waals surface area (Å²) in [5.41, 5.74) is 4.60. The third-order valence-electron chi connectivity index (χ3n) is 3.34. The first-order valence-corrected chi connectivity index (χ1v) is 6.83. The summed E-state index contributed by atoms with van der Waals surface area (Å²) in [6, 6.07) is 18.7. The van der Waals surface area contributed by atoms with E-state index in [2.05, 4.69) is 59.4 Å². The third kappa shape index (κ3) is 2.59. The fourth-order valence-electron chi connectivity index (χ4n) is 2.15. The van der Waals surface area contributed by atoms with Crippen molar-refractivity contribution in [2.24, 2.45) is 0 Å². The monoisotopic (exact) mass is 260 g/mol. The number of aromatic nitrogens is 2. The van der Waals surface area contributed by atoms with Crippen LogP contribution in [0.15, 0.2) is 67.0 Å². The first kappa shape index (κ1) is 12.5. The van der Waals surface area contributed by atoms with E-state index in [-0.39, 0.29) is 0 Å². The minimum atomic E-state index is 0.778. The standard InChI is InChI=1S/C18H16N2/c1-2-14-12-19-18(20-13-14)17-10-6-9-16(11-17)15-7-4-3-5-8-15/h3-13H,2H2,1H3. The van der Waals surface area contributed by atoms with E-state index in [4.69, 9.17) is 0 Å². The number of nitrogens with zero attached hydrogens (tertiary/aromatic N) is 2. The molecule has 0 saturated carbocycles. The van der Waals surface area contributed by atoms with Gasteiger partial charge in [-0.1, -0.05) is 55.5 Å². The second-order valence-corrected chi connectivity index (χ2v) is 4.72. The molecule has 1 aromatic heterocycles. The molecule has 0 fully saturated rings. The lowest BCUT2D eigenvalue weighted by molar-refractivity contribution is 1.05. The smallest absolute Gasteiger partial charge is 0.159 e. The van der Waals surface area contributed by atoms with Crippen LogP contribution >= 0.6 is 0 Å². The second kappa shape index (κ2) is 5.66. The molecule has 0 aliphatic rings. The molecule has 0 aliphatic heterocycles. The van der Waals surface area contributed by atoms with Gasteiger partial charge in [0.15, 0.2) is 5.82 Å². The summed E-state index contributed by atoms with van der Waals surface area (Å²) < 4.78 is 0. The van der Waals surface area contributed by atoms with Gasteiger partial charge in [-0.05, 0) is 29.2 Å². The Balaban J connectivity index is 1.98. The largest absolute Gasteiger partial charge is 0.236 e. The topological polar surface area (TPSA) is 25.8 Å². The van der Waals surface area contributed by atoms with Crippen LogP contribution in [0.4, 0.5) is 0 Å². The number of hydrogen-bond acceptors (Lipinski definition) is 2. The van der Waals surface area contributed by atoms with Crippen LogP contribution in [0.1, 0.15) is 12.5 Å². The molecule has 3 aromatic rings. The predicted octanol–water partition coefficient (Wildman–Crippen LogP) is 4.37. The molecule has 2 aromatic carbocycles. The van der Waals surface area contributed by atoms with Gasteiger partial charge in [0.05, 0.1) is 0 Å². The molecule has 0 saturated heterocycles. The van der Waals surface area contributed by atoms with Gasteiger partial charge in [-0.2, -0.15) is 0 Å². The minimum absolute atomic E-state index is 0.778. The van der Waals surface area contributed by atoms with Gasteiger partial charge in [0.25, 0.3) is 0 Å². The number of benzene rings is 2. The summed E-state index contributed by atoms with van der Waals surface area (Å²) in [5.74, 6) is 0.778. The van der Waals surface area contributed by atoms with Crippen LogP contribution in [0.2, 0.25) is 0 Å². The predicted molar refractivity (Wildman–Crippen MR) is 82.3 cm³/mol. The van der Waals surface area contributed by atoms with Gasteiger partial charge in [-0.25, -0.2) is 9.97 Å². The van der Waals surface area contributed by atoms with Crippen molar-refractivity contribution < 1.29 is 0 Å². The van der Waals surface area contributed by atoms with E-state index in [0.717, 1.165) is 23.4 Å². The van der Waals surface area contributed by atoms with Crippen molar-refractivity contribution >= 4 is 0 Å². The molecule has 0 bridgehead atoms. The van der Waals surface area contributed by atoms with Gasteiger partial charge in [-0.15, -0.1) is 0 Å². The summed E-state index contributed by atoms with van der Waals surface area (Å²) in [5, 5.41) is 0. The van der Waals surface area contributed by atoms with Crippen LogP contribution in [0.3, 0.4) is 0 Å². The molecule has 0 aliphatic carbocycles. The lowest BCUT2D eigenvalue weighted by Crippen LogP contribution is -1.91. The molecule has 0 spiro atoms. The van der Waals surface area contributed by atoms with E-state index in [0.29, 0.717) is 0 Å². The molecule has 3 rings (SSSR count). The van der Waals surface area contributed by atoms with Crippen LogP contribution in [0, 0.1) is 0 Å². The Morgan fingerprint density at radius 3 is 2.10 bits per heavy atom. The molecule has 0 N–H and O–H groups in total. The lowest BCUT2D eigenvalue weighted by atomic mass is 10.0. The zero-order chi connectivity index (χ0) is 13.8. The summed E-state index contributed by atoms with van der Waals surface area (Å²) in [6.45, 7) is 2.11. The van der Waals surface area contributed by atoms with Gasteiger partial charge >= 0.3 is 0 Å². The first-order valence-electron chi connectivity index (χ1n) is 6.83. The Morgan fingerprint density at radius 2 is 1.40 bits per heavy atom. The average Bonchev–Trinajstić information content (AvgIpc) is 2.56. The molecule has 2 heteroatoms. The maximum absolute atomic E-state index is 4.44. The molecule has 98 valence electrons. The van der Waals surface area contributed by atoms with E-state index in [1.165, 1.54) is 11.1 Å². The van der Waals surface area contributed by atoms with Gasteiger partial charge < -0.3 is 0 Å². The molecule has 20 heavy (non-hydrogen) atoms. The highest BCUT2D eigenvalue weighted by Gasteiger charge is 2.03. The van der Waals surface area contributed by atoms with Gasteiger partial charge in [0, 0.05) is 18.0 Å². The Hall–Kier alpha value is -2.48. The van der Waals surface area contributed by atoms with Crippen LogP contribution in [-0.2, 0) is 6.42 Å². The zero-order valence-electron chi connectivity index (χ0n) is 11.5. The van der Waals surface area contributed by atoms with E-state index < -0.39 is 0 Å². The van der Waals surface area contributed by atoms with Gasteiger partial charge in [0.1, 0.15) is 0 Å². The fraction of sp³-hybridized carbons (Fsp3) is 0.111. The van der Waals surface area contributed by atoms with Crippen molar-refractivity contribution in [3.63, 3.8) is 0 Å². The Labute approximate surface area is 119 Å². The van der Waals surface area contributed by atoms with Crippen molar-refractivity contribution in [2.45, 2.75) is 13.3 Å². The molecule has 0 amide bonds. The number of hydrogen-bond donors (Lipinski definition) is 0. The molecule has 2 nitrogen and oxygen atoms in total. The van der Waals surface area contributed by atoms with Crippen molar-refractivity contribution in [3.8, 4) is 22.5 Å². The highest BCUT2D eigenvalue weighted by atomic mass is 14.9.